The molecule has 7 N–H and O–H groups in total. The van der Waals surface area contributed by atoms with Gasteiger partial charge in [0.1, 0.15) is 12.5 Å². The summed E-state index contributed by atoms with van der Waals surface area (Å²) in [6.45, 7) is 4.69. The van der Waals surface area contributed by atoms with Crippen molar-refractivity contribution in [2.75, 3.05) is 13.2 Å². The van der Waals surface area contributed by atoms with Crippen LogP contribution in [0.15, 0.2) is 24.3 Å². The molecule has 0 aliphatic heterocycles. The monoisotopic (exact) mass is 517 g/mol. The quantitative estimate of drug-likeness (QED) is 0.117. The first-order valence-electron chi connectivity index (χ1n) is 11.7. The minimum Gasteiger partial charge on any atom is -0.504 e. The molecule has 0 amide bonds. The zero-order chi connectivity index (χ0) is 27.7. The number of aromatic hydroxyl groups is 1. The predicted octanol–water partition coefficient (Wildman–Crippen LogP) is 1.84. The van der Waals surface area contributed by atoms with Crippen LogP contribution in [0.25, 0.3) is 0 Å². The third-order valence-corrected chi connectivity index (χ3v) is 5.18. The van der Waals surface area contributed by atoms with Crippen LogP contribution in [0.3, 0.4) is 0 Å². The summed E-state index contributed by atoms with van der Waals surface area (Å²) in [5, 5.41) is 62.4. The molecule has 0 heterocycles. The van der Waals surface area contributed by atoms with E-state index in [-0.39, 0.29) is 5.75 Å². The summed E-state index contributed by atoms with van der Waals surface area (Å²) < 4.78 is 5.54. The summed E-state index contributed by atoms with van der Waals surface area (Å²) in [7, 11) is 0. The molecule has 1 rings (SSSR count). The highest BCUT2D eigenvalue weighted by Crippen LogP contribution is 2.24. The van der Waals surface area contributed by atoms with Crippen molar-refractivity contribution in [1.82, 2.24) is 4.90 Å². The van der Waals surface area contributed by atoms with Crippen molar-refractivity contribution >= 4 is 17.9 Å². The number of unbranched alkanes of at least 4 members (excludes halogenated alkanes) is 5. The number of carbonyl (C=O) groups is 3. The van der Waals surface area contributed by atoms with E-state index < -0.39 is 48.8 Å². The number of benzene rings is 1. The Morgan fingerprint density at radius 2 is 1.33 bits per heavy atom. The maximum absolute atomic E-state index is 10.3. The highest BCUT2D eigenvalue weighted by Gasteiger charge is 2.40. The second-order valence-electron chi connectivity index (χ2n) is 8.42. The molecule has 12 heteroatoms. The topological polar surface area (TPSA) is 205 Å². The number of phenols is 1. The van der Waals surface area contributed by atoms with Crippen LogP contribution in [-0.2, 0) is 14.4 Å². The van der Waals surface area contributed by atoms with Crippen LogP contribution in [0.1, 0.15) is 65.2 Å². The lowest BCUT2D eigenvalue weighted by atomic mass is 9.96. The Balaban J connectivity index is 0.000000802. The fraction of sp³-hybridized carbons (Fsp3) is 0.625. The number of hydrogen-bond donors (Lipinski definition) is 7. The Kier molecular flexibility index (Phi) is 16.1. The molecule has 0 aliphatic rings. The number of nitrogens with zero attached hydrogens (tertiary/aromatic N) is 1. The Morgan fingerprint density at radius 3 is 1.78 bits per heavy atom. The first kappa shape index (κ1) is 33.1. The van der Waals surface area contributed by atoms with Crippen molar-refractivity contribution in [2.24, 2.45) is 0 Å². The van der Waals surface area contributed by atoms with Gasteiger partial charge in [-0.1, -0.05) is 37.8 Å². The van der Waals surface area contributed by atoms with E-state index in [0.29, 0.717) is 18.9 Å². The minimum atomic E-state index is -2.74. The van der Waals surface area contributed by atoms with Crippen molar-refractivity contribution in [2.45, 2.75) is 83.3 Å². The third-order valence-electron chi connectivity index (χ3n) is 5.18. The fourth-order valence-corrected chi connectivity index (χ4v) is 3.26. The number of carboxylic acid groups (broad SMARTS) is 3. The average molecular weight is 518 g/mol. The molecule has 0 bridgehead atoms. The van der Waals surface area contributed by atoms with Gasteiger partial charge in [0.2, 0.25) is 0 Å². The Labute approximate surface area is 210 Å². The van der Waals surface area contributed by atoms with Gasteiger partial charge in [-0.3, -0.25) is 14.5 Å². The molecule has 12 nitrogen and oxygen atoms in total. The standard InChI is InChI=1S/C18H31NO4.C6H8O7/c1-15(20)19(16(2)21)13-9-5-3-4-6-10-14-23-18-12-8-7-11-17(18)22;7-3(8)1-6(13,5(11)12)2-4(9)10/h7-8,11-12,15-16,20-22H,3-6,9-10,13-14H2,1-2H3;13H,1-2H2,(H,7,8)(H,9,10)(H,11,12). The lowest BCUT2D eigenvalue weighted by Gasteiger charge is -2.27. The van der Waals surface area contributed by atoms with Crippen LogP contribution in [-0.4, -0.2) is 89.8 Å². The molecule has 0 fully saturated rings. The van der Waals surface area contributed by atoms with Gasteiger partial charge < -0.3 is 40.5 Å². The second kappa shape index (κ2) is 17.5. The van der Waals surface area contributed by atoms with Crippen LogP contribution in [0.5, 0.6) is 11.5 Å². The molecule has 0 aromatic heterocycles. The van der Waals surface area contributed by atoms with Crippen molar-refractivity contribution in [3.63, 3.8) is 0 Å². The number of carboxylic acids is 3. The number of aliphatic hydroxyl groups is 3. The van der Waals surface area contributed by atoms with Gasteiger partial charge in [0.25, 0.3) is 0 Å². The average Bonchev–Trinajstić information content (AvgIpc) is 2.75. The van der Waals surface area contributed by atoms with Gasteiger partial charge >= 0.3 is 17.9 Å². The number of rotatable bonds is 17. The van der Waals surface area contributed by atoms with Gasteiger partial charge in [0.15, 0.2) is 17.1 Å². The SMILES string of the molecule is CC(O)N(CCCCCCCCOc1ccccc1O)C(C)O.O=C(O)CC(O)(CC(=O)O)C(=O)O. The van der Waals surface area contributed by atoms with Crippen LogP contribution in [0, 0.1) is 0 Å². The van der Waals surface area contributed by atoms with Crippen LogP contribution in [0.4, 0.5) is 0 Å². The van der Waals surface area contributed by atoms with Crippen molar-refractivity contribution in [1.29, 1.82) is 0 Å². The number of hydrogen-bond acceptors (Lipinski definition) is 9. The molecule has 36 heavy (non-hydrogen) atoms. The van der Waals surface area contributed by atoms with Gasteiger partial charge in [-0.2, -0.15) is 0 Å². The van der Waals surface area contributed by atoms with E-state index >= 15 is 0 Å². The summed E-state index contributed by atoms with van der Waals surface area (Å²) in [5.41, 5.74) is -2.74. The molecule has 1 aromatic rings. The van der Waals surface area contributed by atoms with Gasteiger partial charge in [-0.15, -0.1) is 0 Å². The number of aliphatic hydroxyl groups excluding tert-OH is 2. The normalized spacial score (nSPS) is 12.8. The van der Waals surface area contributed by atoms with Crippen molar-refractivity contribution in [3.8, 4) is 11.5 Å². The maximum atomic E-state index is 10.3. The maximum Gasteiger partial charge on any atom is 0.336 e. The molecule has 0 saturated carbocycles. The summed E-state index contributed by atoms with van der Waals surface area (Å²) in [6.07, 6.45) is 2.93. The number of ether oxygens (including phenoxy) is 1. The van der Waals surface area contributed by atoms with E-state index in [1.54, 1.807) is 36.9 Å². The number of phenolic OH excluding ortho intramolecular Hbond substituents is 1. The fourth-order valence-electron chi connectivity index (χ4n) is 3.26. The number of aliphatic carboxylic acids is 3. The minimum absolute atomic E-state index is 0.188. The highest BCUT2D eigenvalue weighted by molar-refractivity contribution is 5.88. The summed E-state index contributed by atoms with van der Waals surface area (Å²) >= 11 is 0. The molecule has 2 unspecified atom stereocenters. The third kappa shape index (κ3) is 14.5. The zero-order valence-electron chi connectivity index (χ0n) is 20.7. The van der Waals surface area contributed by atoms with Gasteiger partial charge in [0.05, 0.1) is 19.4 Å². The Morgan fingerprint density at radius 1 is 0.861 bits per heavy atom. The first-order valence-corrected chi connectivity index (χ1v) is 11.7. The molecule has 0 spiro atoms. The summed E-state index contributed by atoms with van der Waals surface area (Å²) in [4.78, 5) is 32.2. The lowest BCUT2D eigenvalue weighted by Crippen LogP contribution is -2.42. The van der Waals surface area contributed by atoms with Crippen molar-refractivity contribution in [3.05, 3.63) is 24.3 Å². The van der Waals surface area contributed by atoms with Crippen LogP contribution < -0.4 is 4.74 Å². The lowest BCUT2D eigenvalue weighted by molar-refractivity contribution is -0.170. The number of para-hydroxylation sites is 2. The highest BCUT2D eigenvalue weighted by atomic mass is 16.5. The first-order chi connectivity index (χ1) is 16.8. The molecule has 0 radical (unpaired) electrons. The van der Waals surface area contributed by atoms with Gasteiger partial charge in [0, 0.05) is 6.54 Å². The van der Waals surface area contributed by atoms with E-state index in [4.69, 9.17) is 25.2 Å². The molecular formula is C24H39NO11. The molecular weight excluding hydrogens is 478 g/mol. The zero-order valence-corrected chi connectivity index (χ0v) is 20.7. The Hall–Kier alpha value is -2.93. The van der Waals surface area contributed by atoms with Crippen LogP contribution >= 0.6 is 0 Å². The van der Waals surface area contributed by atoms with E-state index in [2.05, 4.69) is 0 Å². The molecule has 0 saturated heterocycles. The Bertz CT molecular complexity index is 774. The predicted molar refractivity (Wildman–Crippen MR) is 128 cm³/mol. The van der Waals surface area contributed by atoms with Crippen LogP contribution in [0.2, 0.25) is 0 Å². The van der Waals surface area contributed by atoms with E-state index in [1.165, 1.54) is 0 Å². The van der Waals surface area contributed by atoms with E-state index in [9.17, 15) is 29.7 Å². The second-order valence-corrected chi connectivity index (χ2v) is 8.42. The molecule has 2 atom stereocenters. The largest absolute Gasteiger partial charge is 0.504 e. The van der Waals surface area contributed by atoms with E-state index in [1.807, 2.05) is 6.07 Å². The molecule has 1 aromatic carbocycles. The molecule has 206 valence electrons. The van der Waals surface area contributed by atoms with Crippen molar-refractivity contribution < 1.29 is 54.9 Å². The summed E-state index contributed by atoms with van der Waals surface area (Å²) in [6, 6.07) is 7.02. The molecule has 0 aliphatic carbocycles. The van der Waals surface area contributed by atoms with E-state index in [0.717, 1.165) is 38.5 Å². The van der Waals surface area contributed by atoms with Gasteiger partial charge in [-0.25, -0.2) is 4.79 Å². The smallest absolute Gasteiger partial charge is 0.336 e. The van der Waals surface area contributed by atoms with Gasteiger partial charge in [-0.05, 0) is 38.8 Å². The summed E-state index contributed by atoms with van der Waals surface area (Å²) in [5.74, 6) is -4.29.